The zero-order valence-corrected chi connectivity index (χ0v) is 12.4. The molecule has 0 bridgehead atoms. The van der Waals surface area contributed by atoms with Crippen molar-refractivity contribution in [1.82, 2.24) is 10.6 Å². The minimum Gasteiger partial charge on any atom is -0.493 e. The fraction of sp³-hybridized carbons (Fsp3) is 0.562. The van der Waals surface area contributed by atoms with Crippen LogP contribution in [0.25, 0.3) is 0 Å². The van der Waals surface area contributed by atoms with Gasteiger partial charge in [-0.15, -0.1) is 0 Å². The highest BCUT2D eigenvalue weighted by atomic mass is 16.5. The third-order valence-electron chi connectivity index (χ3n) is 3.58. The lowest BCUT2D eigenvalue weighted by Gasteiger charge is -2.23. The van der Waals surface area contributed by atoms with Crippen LogP contribution < -0.4 is 15.4 Å². The molecule has 0 unspecified atom stereocenters. The first-order chi connectivity index (χ1) is 9.65. The molecule has 4 nitrogen and oxygen atoms in total. The molecule has 0 aromatic heterocycles. The van der Waals surface area contributed by atoms with Crippen molar-refractivity contribution in [3.8, 4) is 5.75 Å². The highest BCUT2D eigenvalue weighted by molar-refractivity contribution is 5.76. The number of carbonyl (C=O) groups excluding carboxylic acids is 1. The number of rotatable bonds is 5. The van der Waals surface area contributed by atoms with Crippen LogP contribution in [-0.4, -0.2) is 31.6 Å². The number of benzene rings is 1. The summed E-state index contributed by atoms with van der Waals surface area (Å²) in [5.74, 6) is 0.936. The van der Waals surface area contributed by atoms with Gasteiger partial charge in [-0.05, 0) is 44.9 Å². The van der Waals surface area contributed by atoms with E-state index in [-0.39, 0.29) is 11.9 Å². The molecule has 4 heteroatoms. The van der Waals surface area contributed by atoms with Crippen LogP contribution in [-0.2, 0) is 4.79 Å². The first-order valence-corrected chi connectivity index (χ1v) is 7.35. The summed E-state index contributed by atoms with van der Waals surface area (Å²) < 4.78 is 5.68. The highest BCUT2D eigenvalue weighted by Crippen LogP contribution is 2.18. The molecule has 2 N–H and O–H groups in total. The van der Waals surface area contributed by atoms with Crippen molar-refractivity contribution in [2.45, 2.75) is 39.2 Å². The van der Waals surface area contributed by atoms with Gasteiger partial charge in [0.2, 0.25) is 5.91 Å². The molecule has 1 aromatic carbocycles. The van der Waals surface area contributed by atoms with E-state index in [2.05, 4.69) is 23.6 Å². The molecule has 0 aliphatic carbocycles. The van der Waals surface area contributed by atoms with Crippen molar-refractivity contribution >= 4 is 5.91 Å². The number of ether oxygens (including phenoxy) is 1. The lowest BCUT2D eigenvalue weighted by Crippen LogP contribution is -2.45. The van der Waals surface area contributed by atoms with Crippen molar-refractivity contribution in [3.63, 3.8) is 0 Å². The Morgan fingerprint density at radius 3 is 3.00 bits per heavy atom. The van der Waals surface area contributed by atoms with E-state index in [0.29, 0.717) is 13.0 Å². The van der Waals surface area contributed by atoms with Gasteiger partial charge in [-0.3, -0.25) is 4.79 Å². The molecule has 1 saturated heterocycles. The maximum absolute atomic E-state index is 11.8. The standard InChI is InChI=1S/C16H24N2O2/c1-12-5-6-15(13(2)10-12)20-9-7-16(19)18-14-4-3-8-17-11-14/h5-6,10,14,17H,3-4,7-9,11H2,1-2H3,(H,18,19)/t14-/m0/s1. The summed E-state index contributed by atoms with van der Waals surface area (Å²) in [6.07, 6.45) is 2.60. The Balaban J connectivity index is 1.70. The van der Waals surface area contributed by atoms with Gasteiger partial charge in [0.05, 0.1) is 13.0 Å². The Morgan fingerprint density at radius 1 is 1.45 bits per heavy atom. The molecule has 0 spiro atoms. The van der Waals surface area contributed by atoms with Crippen LogP contribution in [0.1, 0.15) is 30.4 Å². The van der Waals surface area contributed by atoms with Crippen molar-refractivity contribution < 1.29 is 9.53 Å². The average molecular weight is 276 g/mol. The normalized spacial score (nSPS) is 18.6. The summed E-state index contributed by atoms with van der Waals surface area (Å²) in [6.45, 7) is 6.44. The molecule has 1 fully saturated rings. The Hall–Kier alpha value is -1.55. The fourth-order valence-electron chi connectivity index (χ4n) is 2.49. The second kappa shape index (κ2) is 7.29. The van der Waals surface area contributed by atoms with Crippen LogP contribution in [0.5, 0.6) is 5.75 Å². The van der Waals surface area contributed by atoms with Gasteiger partial charge in [-0.1, -0.05) is 17.7 Å². The molecule has 1 aliphatic rings. The number of nitrogens with one attached hydrogen (secondary N) is 2. The number of aryl methyl sites for hydroxylation is 2. The van der Waals surface area contributed by atoms with E-state index >= 15 is 0 Å². The van der Waals surface area contributed by atoms with E-state index in [0.717, 1.165) is 37.2 Å². The minimum atomic E-state index is 0.0727. The number of piperidine rings is 1. The molecule has 1 aliphatic heterocycles. The SMILES string of the molecule is Cc1ccc(OCCC(=O)N[C@H]2CCCNC2)c(C)c1. The largest absolute Gasteiger partial charge is 0.493 e. The maximum atomic E-state index is 11.8. The van der Waals surface area contributed by atoms with Crippen LogP contribution in [0.4, 0.5) is 0 Å². The zero-order chi connectivity index (χ0) is 14.4. The highest BCUT2D eigenvalue weighted by Gasteiger charge is 2.15. The monoisotopic (exact) mass is 276 g/mol. The molecule has 20 heavy (non-hydrogen) atoms. The van der Waals surface area contributed by atoms with Crippen LogP contribution in [0.2, 0.25) is 0 Å². The predicted molar refractivity (Wildman–Crippen MR) is 80.1 cm³/mol. The molecule has 0 radical (unpaired) electrons. The lowest BCUT2D eigenvalue weighted by molar-refractivity contribution is -0.122. The van der Waals surface area contributed by atoms with Gasteiger partial charge in [0.15, 0.2) is 0 Å². The van der Waals surface area contributed by atoms with E-state index < -0.39 is 0 Å². The summed E-state index contributed by atoms with van der Waals surface area (Å²) in [5, 5.41) is 6.34. The fourth-order valence-corrected chi connectivity index (χ4v) is 2.49. The topological polar surface area (TPSA) is 50.4 Å². The third-order valence-corrected chi connectivity index (χ3v) is 3.58. The van der Waals surface area contributed by atoms with Gasteiger partial charge in [0, 0.05) is 12.6 Å². The number of amides is 1. The van der Waals surface area contributed by atoms with E-state index in [1.54, 1.807) is 0 Å². The van der Waals surface area contributed by atoms with Gasteiger partial charge in [0.25, 0.3) is 0 Å². The van der Waals surface area contributed by atoms with Crippen LogP contribution in [0.15, 0.2) is 18.2 Å². The van der Waals surface area contributed by atoms with Gasteiger partial charge < -0.3 is 15.4 Å². The predicted octanol–water partition coefficient (Wildman–Crippen LogP) is 1.94. The quantitative estimate of drug-likeness (QED) is 0.864. The average Bonchev–Trinajstić information content (AvgIpc) is 2.42. The first kappa shape index (κ1) is 14.9. The van der Waals surface area contributed by atoms with Crippen LogP contribution in [0.3, 0.4) is 0 Å². The van der Waals surface area contributed by atoms with Gasteiger partial charge in [-0.25, -0.2) is 0 Å². The molecule has 1 aromatic rings. The van der Waals surface area contributed by atoms with Crippen molar-refractivity contribution in [3.05, 3.63) is 29.3 Å². The van der Waals surface area contributed by atoms with Crippen molar-refractivity contribution in [2.24, 2.45) is 0 Å². The van der Waals surface area contributed by atoms with E-state index in [1.165, 1.54) is 5.56 Å². The van der Waals surface area contributed by atoms with Crippen molar-refractivity contribution in [2.75, 3.05) is 19.7 Å². The minimum absolute atomic E-state index is 0.0727. The molecule has 1 heterocycles. The summed E-state index contributed by atoms with van der Waals surface area (Å²) in [6, 6.07) is 6.35. The molecule has 0 saturated carbocycles. The van der Waals surface area contributed by atoms with Gasteiger partial charge in [-0.2, -0.15) is 0 Å². The molecule has 1 amide bonds. The smallest absolute Gasteiger partial charge is 0.223 e. The zero-order valence-electron chi connectivity index (χ0n) is 12.4. The Bertz CT molecular complexity index is 454. The Labute approximate surface area is 120 Å². The summed E-state index contributed by atoms with van der Waals surface area (Å²) >= 11 is 0. The van der Waals surface area contributed by atoms with E-state index in [9.17, 15) is 4.79 Å². The molecule has 2 rings (SSSR count). The Morgan fingerprint density at radius 2 is 2.30 bits per heavy atom. The third kappa shape index (κ3) is 4.53. The second-order valence-corrected chi connectivity index (χ2v) is 5.48. The van der Waals surface area contributed by atoms with Gasteiger partial charge >= 0.3 is 0 Å². The van der Waals surface area contributed by atoms with Crippen molar-refractivity contribution in [1.29, 1.82) is 0 Å². The summed E-state index contributed by atoms with van der Waals surface area (Å²) in [5.41, 5.74) is 2.33. The van der Waals surface area contributed by atoms with E-state index in [1.807, 2.05) is 19.1 Å². The second-order valence-electron chi connectivity index (χ2n) is 5.48. The lowest BCUT2D eigenvalue weighted by atomic mass is 10.1. The van der Waals surface area contributed by atoms with E-state index in [4.69, 9.17) is 4.74 Å². The molecule has 1 atom stereocenters. The number of hydrogen-bond acceptors (Lipinski definition) is 3. The molecular formula is C16H24N2O2. The van der Waals surface area contributed by atoms with Crippen LogP contribution in [0, 0.1) is 13.8 Å². The number of hydrogen-bond donors (Lipinski definition) is 2. The first-order valence-electron chi connectivity index (χ1n) is 7.35. The van der Waals surface area contributed by atoms with Crippen LogP contribution >= 0.6 is 0 Å². The molecule has 110 valence electrons. The van der Waals surface area contributed by atoms with Gasteiger partial charge in [0.1, 0.15) is 5.75 Å². The Kier molecular flexibility index (Phi) is 5.41. The maximum Gasteiger partial charge on any atom is 0.223 e. The summed E-state index contributed by atoms with van der Waals surface area (Å²) in [4.78, 5) is 11.8. The summed E-state index contributed by atoms with van der Waals surface area (Å²) in [7, 11) is 0. The molecular weight excluding hydrogens is 252 g/mol. The number of carbonyl (C=O) groups is 1.